The van der Waals surface area contributed by atoms with Crippen molar-refractivity contribution < 1.29 is 19.0 Å². The lowest BCUT2D eigenvalue weighted by atomic mass is 9.82. The molecule has 2 aliphatic heterocycles. The van der Waals surface area contributed by atoms with Crippen LogP contribution in [0.4, 0.5) is 0 Å². The molecule has 2 saturated heterocycles. The lowest BCUT2D eigenvalue weighted by Crippen LogP contribution is -2.57. The van der Waals surface area contributed by atoms with Gasteiger partial charge >= 0.3 is 0 Å². The second kappa shape index (κ2) is 8.19. The molecule has 1 N–H and O–H groups in total. The summed E-state index contributed by atoms with van der Waals surface area (Å²) < 4.78 is 17.4. The van der Waals surface area contributed by atoms with E-state index in [2.05, 4.69) is 16.0 Å². The smallest absolute Gasteiger partial charge is 0.248 e. The number of aromatic nitrogens is 2. The van der Waals surface area contributed by atoms with Gasteiger partial charge in [-0.25, -0.2) is 4.98 Å². The number of methoxy groups -OCH3 is 1. The maximum atomic E-state index is 12.5. The van der Waals surface area contributed by atoms with Crippen molar-refractivity contribution in [2.24, 2.45) is 0 Å². The number of fused-ring (bicyclic) bond motifs is 1. The van der Waals surface area contributed by atoms with Gasteiger partial charge in [-0.1, -0.05) is 6.07 Å². The zero-order valence-corrected chi connectivity index (χ0v) is 16.7. The largest absolute Gasteiger partial charge is 0.378 e. The molecule has 1 amide bonds. The van der Waals surface area contributed by atoms with Crippen LogP contribution in [0.25, 0.3) is 11.0 Å². The Morgan fingerprint density at radius 1 is 1.39 bits per heavy atom. The number of carbonyl (C=O) groups is 1. The number of hydrogen-bond donors (Lipinski definition) is 1. The Hall–Kier alpha value is -1.96. The number of piperidine rings is 1. The third kappa shape index (κ3) is 3.92. The first kappa shape index (κ1) is 19.4. The van der Waals surface area contributed by atoms with Crippen LogP contribution in [0.2, 0.25) is 0 Å². The summed E-state index contributed by atoms with van der Waals surface area (Å²) in [5.74, 6) is 0.760. The summed E-state index contributed by atoms with van der Waals surface area (Å²) >= 11 is 0. The number of nitrogens with one attached hydrogen (secondary N) is 1. The molecule has 7 nitrogen and oxygen atoms in total. The third-order valence-corrected chi connectivity index (χ3v) is 5.98. The first-order valence-electron chi connectivity index (χ1n) is 10.1. The summed E-state index contributed by atoms with van der Waals surface area (Å²) in [4.78, 5) is 22.1. The van der Waals surface area contributed by atoms with Gasteiger partial charge in [0.15, 0.2) is 0 Å². The Labute approximate surface area is 165 Å². The molecule has 0 saturated carbocycles. The van der Waals surface area contributed by atoms with Crippen LogP contribution < -0.4 is 0 Å². The minimum atomic E-state index is -0.225. The van der Waals surface area contributed by atoms with E-state index in [1.165, 1.54) is 5.56 Å². The number of imidazole rings is 1. The van der Waals surface area contributed by atoms with Gasteiger partial charge in [-0.15, -0.1) is 0 Å². The monoisotopic (exact) mass is 387 g/mol. The fourth-order valence-electron chi connectivity index (χ4n) is 4.40. The van der Waals surface area contributed by atoms with Crippen LogP contribution in [0.15, 0.2) is 18.2 Å². The number of aryl methyl sites for hydroxylation is 1. The number of carbonyl (C=O) groups excluding carboxylic acids is 1. The average molecular weight is 387 g/mol. The van der Waals surface area contributed by atoms with E-state index in [0.29, 0.717) is 19.7 Å². The fourth-order valence-corrected chi connectivity index (χ4v) is 4.40. The summed E-state index contributed by atoms with van der Waals surface area (Å²) in [6, 6.07) is 6.08. The number of likely N-dealkylation sites (tertiary alicyclic amines) is 1. The molecule has 7 heteroatoms. The first-order valence-corrected chi connectivity index (χ1v) is 10.1. The van der Waals surface area contributed by atoms with Gasteiger partial charge in [0.05, 0.1) is 22.7 Å². The summed E-state index contributed by atoms with van der Waals surface area (Å²) in [5.41, 5.74) is 2.86. The summed E-state index contributed by atoms with van der Waals surface area (Å²) in [6.45, 7) is 4.57. The molecule has 1 atom stereocenters. The number of ether oxygens (including phenoxy) is 3. The van der Waals surface area contributed by atoms with Gasteiger partial charge in [-0.05, 0) is 50.3 Å². The maximum absolute atomic E-state index is 12.5. The molecule has 2 aromatic rings. The highest BCUT2D eigenvalue weighted by atomic mass is 16.5. The molecule has 0 radical (unpaired) electrons. The van der Waals surface area contributed by atoms with Crippen molar-refractivity contribution in [3.8, 4) is 0 Å². The Morgan fingerprint density at radius 3 is 3.00 bits per heavy atom. The molecule has 4 rings (SSSR count). The zero-order valence-electron chi connectivity index (χ0n) is 16.7. The molecule has 1 aromatic carbocycles. The Bertz CT molecular complexity index is 826. The van der Waals surface area contributed by atoms with E-state index in [1.54, 1.807) is 7.11 Å². The van der Waals surface area contributed by atoms with Crippen LogP contribution >= 0.6 is 0 Å². The highest BCUT2D eigenvalue weighted by Crippen LogP contribution is 2.36. The van der Waals surface area contributed by atoms with Gasteiger partial charge in [0.1, 0.15) is 19.0 Å². The van der Waals surface area contributed by atoms with Crippen LogP contribution in [0.5, 0.6) is 0 Å². The second-order valence-electron chi connectivity index (χ2n) is 7.86. The molecular formula is C21H29N3O4. The van der Waals surface area contributed by atoms with Crippen molar-refractivity contribution in [2.75, 3.05) is 33.4 Å². The average Bonchev–Trinajstić information content (AvgIpc) is 3.10. The number of nitrogens with zero attached hydrogens (tertiary/aromatic N) is 2. The van der Waals surface area contributed by atoms with Crippen LogP contribution in [0, 0.1) is 6.92 Å². The van der Waals surface area contributed by atoms with E-state index in [9.17, 15) is 4.79 Å². The lowest BCUT2D eigenvalue weighted by Gasteiger charge is -2.48. The number of amides is 1. The van der Waals surface area contributed by atoms with Crippen LogP contribution in [-0.2, 0) is 25.6 Å². The second-order valence-corrected chi connectivity index (χ2v) is 7.86. The highest BCUT2D eigenvalue weighted by molar-refractivity contribution is 5.77. The summed E-state index contributed by atoms with van der Waals surface area (Å²) in [5, 5.41) is 0. The molecule has 152 valence electrons. The van der Waals surface area contributed by atoms with Gasteiger partial charge in [0, 0.05) is 26.8 Å². The van der Waals surface area contributed by atoms with E-state index in [1.807, 2.05) is 24.0 Å². The fraction of sp³-hybridized carbons (Fsp3) is 0.619. The van der Waals surface area contributed by atoms with Crippen LogP contribution in [0.1, 0.15) is 37.1 Å². The number of hydrogen-bond acceptors (Lipinski definition) is 5. The van der Waals surface area contributed by atoms with Crippen molar-refractivity contribution in [3.05, 3.63) is 29.6 Å². The van der Waals surface area contributed by atoms with Crippen molar-refractivity contribution in [1.82, 2.24) is 14.9 Å². The van der Waals surface area contributed by atoms with Gasteiger partial charge < -0.3 is 24.1 Å². The third-order valence-electron chi connectivity index (χ3n) is 5.98. The van der Waals surface area contributed by atoms with Gasteiger partial charge in [-0.3, -0.25) is 4.79 Å². The normalized spacial score (nSPS) is 22.1. The number of benzene rings is 1. The molecule has 3 heterocycles. The molecule has 1 unspecified atom stereocenters. The van der Waals surface area contributed by atoms with E-state index in [0.717, 1.165) is 49.1 Å². The lowest BCUT2D eigenvalue weighted by molar-refractivity contribution is -0.188. The highest BCUT2D eigenvalue weighted by Gasteiger charge is 2.45. The van der Waals surface area contributed by atoms with E-state index in [-0.39, 0.29) is 24.2 Å². The van der Waals surface area contributed by atoms with Crippen LogP contribution in [0.3, 0.4) is 0 Å². The van der Waals surface area contributed by atoms with Gasteiger partial charge in [0.25, 0.3) is 0 Å². The predicted octanol–water partition coefficient (Wildman–Crippen LogP) is 2.57. The van der Waals surface area contributed by atoms with Crippen molar-refractivity contribution in [1.29, 1.82) is 0 Å². The molecule has 0 aliphatic carbocycles. The molecular weight excluding hydrogens is 358 g/mol. The maximum Gasteiger partial charge on any atom is 0.248 e. The minimum Gasteiger partial charge on any atom is -0.378 e. The summed E-state index contributed by atoms with van der Waals surface area (Å²) in [6.07, 6.45) is 3.84. The van der Waals surface area contributed by atoms with Crippen molar-refractivity contribution in [2.45, 2.75) is 50.9 Å². The SMILES string of the molecule is COC1CCCOC12CCN(C(=O)COCc1nc3ccc(C)cc3[nH]1)CC2. The number of rotatable bonds is 5. The molecule has 1 aromatic heterocycles. The number of H-pyrrole nitrogens is 1. The predicted molar refractivity (Wildman–Crippen MR) is 105 cm³/mol. The topological polar surface area (TPSA) is 76.7 Å². The molecule has 0 bridgehead atoms. The molecule has 28 heavy (non-hydrogen) atoms. The van der Waals surface area contributed by atoms with Crippen molar-refractivity contribution >= 4 is 16.9 Å². The Morgan fingerprint density at radius 2 is 2.21 bits per heavy atom. The molecule has 2 aliphatic rings. The standard InChI is InChI=1S/C21H29N3O4/c1-15-5-6-16-17(12-15)23-19(22-16)13-27-14-20(25)24-9-7-21(8-10-24)18(26-2)4-3-11-28-21/h5-6,12,18H,3-4,7-11,13-14H2,1-2H3,(H,22,23). The van der Waals surface area contributed by atoms with Crippen LogP contribution in [-0.4, -0.2) is 65.9 Å². The summed E-state index contributed by atoms with van der Waals surface area (Å²) in [7, 11) is 1.76. The number of aromatic amines is 1. The Balaban J connectivity index is 1.26. The quantitative estimate of drug-likeness (QED) is 0.853. The van der Waals surface area contributed by atoms with E-state index >= 15 is 0 Å². The first-order chi connectivity index (χ1) is 13.6. The van der Waals surface area contributed by atoms with Gasteiger partial charge in [-0.2, -0.15) is 0 Å². The molecule has 2 fully saturated rings. The minimum absolute atomic E-state index is 0.0200. The Kier molecular flexibility index (Phi) is 5.66. The zero-order chi connectivity index (χ0) is 19.6. The van der Waals surface area contributed by atoms with E-state index in [4.69, 9.17) is 14.2 Å². The van der Waals surface area contributed by atoms with Crippen molar-refractivity contribution in [3.63, 3.8) is 0 Å². The van der Waals surface area contributed by atoms with Gasteiger partial charge in [0.2, 0.25) is 5.91 Å². The molecule has 1 spiro atoms. The van der Waals surface area contributed by atoms with E-state index < -0.39 is 0 Å².